The van der Waals surface area contributed by atoms with Crippen molar-refractivity contribution in [1.29, 1.82) is 0 Å². The van der Waals surface area contributed by atoms with Crippen LogP contribution in [0.15, 0.2) is 59.2 Å². The van der Waals surface area contributed by atoms with Crippen LogP contribution in [-0.4, -0.2) is 28.4 Å². The van der Waals surface area contributed by atoms with Gasteiger partial charge < -0.3 is 5.32 Å². The molecule has 7 heteroatoms. The molecule has 1 fully saturated rings. The second-order valence-electron chi connectivity index (χ2n) is 10.6. The van der Waals surface area contributed by atoms with Crippen LogP contribution in [0.25, 0.3) is 16.6 Å². The predicted octanol–water partition coefficient (Wildman–Crippen LogP) is 8.60. The molecule has 40 heavy (non-hydrogen) atoms. The molecule has 1 aromatic heterocycles. The highest BCUT2D eigenvalue weighted by molar-refractivity contribution is 5.94. The van der Waals surface area contributed by atoms with Gasteiger partial charge >= 0.3 is 0 Å². The smallest absolute Gasteiger partial charge is 0.254 e. The van der Waals surface area contributed by atoms with E-state index >= 15 is 0 Å². The summed E-state index contributed by atoms with van der Waals surface area (Å²) in [6.07, 6.45) is 14.2. The van der Waals surface area contributed by atoms with Crippen LogP contribution in [0.5, 0.6) is 0 Å². The second-order valence-corrected chi connectivity index (χ2v) is 10.6. The Morgan fingerprint density at radius 3 is 2.52 bits per heavy atom. The molecule has 0 radical (unpaired) electrons. The topological polar surface area (TPSA) is 59.3 Å². The zero-order chi connectivity index (χ0) is 29.2. The van der Waals surface area contributed by atoms with Crippen molar-refractivity contribution >= 4 is 28.7 Å². The number of carbonyl (C=O) groups is 1. The van der Waals surface area contributed by atoms with Crippen LogP contribution in [0.4, 0.5) is 8.78 Å². The third-order valence-corrected chi connectivity index (χ3v) is 7.33. The van der Waals surface area contributed by atoms with E-state index in [-0.39, 0.29) is 5.56 Å². The molecule has 0 saturated heterocycles. The molecular weight excluding hydrogens is 506 g/mol. The maximum Gasteiger partial charge on any atom is 0.254 e. The molecule has 0 aliphatic heterocycles. The fraction of sp³-hybridized carbons (Fsp3) is 0.424. The van der Waals surface area contributed by atoms with Crippen molar-refractivity contribution in [2.45, 2.75) is 79.7 Å². The number of rotatable bonds is 7. The van der Waals surface area contributed by atoms with Crippen LogP contribution >= 0.6 is 0 Å². The summed E-state index contributed by atoms with van der Waals surface area (Å²) in [5.41, 5.74) is 4.86. The molecular formula is C33H42F2N4O. The lowest BCUT2D eigenvalue weighted by Crippen LogP contribution is -2.24. The minimum Gasteiger partial charge on any atom is -0.352 e. The third-order valence-electron chi connectivity index (χ3n) is 7.33. The monoisotopic (exact) mass is 548 g/mol. The number of nitrogens with one attached hydrogen (secondary N) is 1. The summed E-state index contributed by atoms with van der Waals surface area (Å²) in [5.74, 6) is -1.82. The van der Waals surface area contributed by atoms with Crippen molar-refractivity contribution in [2.75, 3.05) is 6.54 Å². The molecule has 5 nitrogen and oxygen atoms in total. The van der Waals surface area contributed by atoms with E-state index in [9.17, 15) is 13.6 Å². The number of allylic oxidation sites excluding steroid dienone is 3. The highest BCUT2D eigenvalue weighted by atomic mass is 19.2. The molecule has 4 rings (SSSR count). The van der Waals surface area contributed by atoms with Crippen molar-refractivity contribution < 1.29 is 13.6 Å². The zero-order valence-electron chi connectivity index (χ0n) is 24.6. The number of carbonyl (C=O) groups excluding carboxylic acids is 1. The lowest BCUT2D eigenvalue weighted by Gasteiger charge is -2.26. The first-order valence-corrected chi connectivity index (χ1v) is 14.3. The predicted molar refractivity (Wildman–Crippen MR) is 162 cm³/mol. The summed E-state index contributed by atoms with van der Waals surface area (Å²) >= 11 is 0. The van der Waals surface area contributed by atoms with Gasteiger partial charge in [-0.1, -0.05) is 32.1 Å². The number of benzene rings is 2. The van der Waals surface area contributed by atoms with Gasteiger partial charge in [0, 0.05) is 29.9 Å². The third kappa shape index (κ3) is 7.96. The van der Waals surface area contributed by atoms with E-state index in [1.807, 2.05) is 25.3 Å². The minimum atomic E-state index is -1.10. The summed E-state index contributed by atoms with van der Waals surface area (Å²) in [6, 6.07) is 9.49. The van der Waals surface area contributed by atoms with Gasteiger partial charge in [-0.3, -0.25) is 14.5 Å². The Bertz CT molecular complexity index is 1390. The lowest BCUT2D eigenvalue weighted by atomic mass is 9.87. The fourth-order valence-corrected chi connectivity index (χ4v) is 4.82. The number of aliphatic imine (C=N–C) groups is 1. The van der Waals surface area contributed by atoms with E-state index in [1.54, 1.807) is 13.8 Å². The Kier molecular flexibility index (Phi) is 11.4. The molecule has 0 atom stereocenters. The molecule has 2 aromatic carbocycles. The van der Waals surface area contributed by atoms with Crippen LogP contribution < -0.4 is 5.32 Å². The summed E-state index contributed by atoms with van der Waals surface area (Å²) in [4.78, 5) is 16.0. The van der Waals surface area contributed by atoms with E-state index in [2.05, 4.69) is 55.2 Å². The van der Waals surface area contributed by atoms with Crippen molar-refractivity contribution in [3.8, 4) is 0 Å². The van der Waals surface area contributed by atoms with E-state index in [0.717, 1.165) is 35.2 Å². The number of hydrogen-bond acceptors (Lipinski definition) is 3. The average molecular weight is 549 g/mol. The van der Waals surface area contributed by atoms with Crippen LogP contribution in [0.1, 0.15) is 94.2 Å². The van der Waals surface area contributed by atoms with Crippen molar-refractivity contribution in [1.82, 2.24) is 15.1 Å². The SMILES string of the molecule is C/C=C\C=NC(=C(C)CC)c1ccc2cn(C3CCC(C)CC3)nc2c1.CCNC(=O)c1cc(C)cc(F)c1F. The minimum absolute atomic E-state index is 0.246. The first-order chi connectivity index (χ1) is 19.2. The van der Waals surface area contributed by atoms with Gasteiger partial charge in [-0.05, 0) is 101 Å². The highest BCUT2D eigenvalue weighted by Gasteiger charge is 2.21. The van der Waals surface area contributed by atoms with Gasteiger partial charge in [-0.2, -0.15) is 5.10 Å². The second kappa shape index (κ2) is 14.7. The summed E-state index contributed by atoms with van der Waals surface area (Å²) in [5, 5.41) is 8.55. The summed E-state index contributed by atoms with van der Waals surface area (Å²) in [7, 11) is 0. The first-order valence-electron chi connectivity index (χ1n) is 14.3. The maximum absolute atomic E-state index is 13.1. The average Bonchev–Trinajstić information content (AvgIpc) is 3.37. The van der Waals surface area contributed by atoms with Gasteiger partial charge in [-0.25, -0.2) is 8.78 Å². The number of nitrogens with zero attached hydrogens (tertiary/aromatic N) is 3. The van der Waals surface area contributed by atoms with E-state index < -0.39 is 17.5 Å². The Labute approximate surface area is 237 Å². The molecule has 1 heterocycles. The number of aromatic nitrogens is 2. The van der Waals surface area contributed by atoms with Gasteiger partial charge in [0.2, 0.25) is 0 Å². The molecule has 0 unspecified atom stereocenters. The quantitative estimate of drug-likeness (QED) is 0.301. The Hall–Kier alpha value is -3.61. The molecule has 1 aliphatic carbocycles. The Balaban J connectivity index is 0.000000267. The highest BCUT2D eigenvalue weighted by Crippen LogP contribution is 2.33. The van der Waals surface area contributed by atoms with Crippen molar-refractivity contribution in [3.05, 3.63) is 82.6 Å². The van der Waals surface area contributed by atoms with Gasteiger partial charge in [0.15, 0.2) is 11.6 Å². The standard InChI is InChI=1S/C23H31N3.C10H11F2NO/c1-5-7-14-24-23(18(4)6-2)19-10-11-20-16-26(25-22(20)15-19)21-12-8-17(3)9-13-21;1-3-13-10(14)7-4-6(2)5-8(11)9(7)12/h5,7,10-11,14-17,21H,6,8-9,12-13H2,1-4H3;4-5H,3H2,1-2H3,(H,13,14)/b7-5-,23-18?,24-14?;. The van der Waals surface area contributed by atoms with Gasteiger partial charge in [-0.15, -0.1) is 0 Å². The summed E-state index contributed by atoms with van der Waals surface area (Å²) in [6.45, 7) is 12.4. The molecule has 0 spiro atoms. The van der Waals surface area contributed by atoms with Gasteiger partial charge in [0.25, 0.3) is 5.91 Å². The van der Waals surface area contributed by atoms with Crippen LogP contribution in [0.2, 0.25) is 0 Å². The molecule has 214 valence electrons. The van der Waals surface area contributed by atoms with Crippen molar-refractivity contribution in [2.24, 2.45) is 10.9 Å². The number of halogens is 2. The molecule has 1 N–H and O–H groups in total. The number of amides is 1. The molecule has 1 saturated carbocycles. The molecule has 1 aliphatic rings. The van der Waals surface area contributed by atoms with Crippen molar-refractivity contribution in [3.63, 3.8) is 0 Å². The number of aryl methyl sites for hydroxylation is 1. The fourth-order valence-electron chi connectivity index (χ4n) is 4.82. The van der Waals surface area contributed by atoms with Gasteiger partial charge in [0.05, 0.1) is 22.8 Å². The zero-order valence-corrected chi connectivity index (χ0v) is 24.6. The largest absolute Gasteiger partial charge is 0.352 e. The van der Waals surface area contributed by atoms with Crippen LogP contribution in [0.3, 0.4) is 0 Å². The van der Waals surface area contributed by atoms with E-state index in [0.29, 0.717) is 18.2 Å². The number of hydrogen-bond donors (Lipinski definition) is 1. The Morgan fingerprint density at radius 1 is 1.15 bits per heavy atom. The summed E-state index contributed by atoms with van der Waals surface area (Å²) < 4.78 is 28.2. The van der Waals surface area contributed by atoms with Crippen LogP contribution in [-0.2, 0) is 0 Å². The molecule has 1 amide bonds. The van der Waals surface area contributed by atoms with E-state index in [1.165, 1.54) is 42.7 Å². The first kappa shape index (κ1) is 30.9. The van der Waals surface area contributed by atoms with Gasteiger partial charge in [0.1, 0.15) is 0 Å². The maximum atomic E-state index is 13.1. The normalized spacial score (nSPS) is 18.1. The molecule has 3 aromatic rings. The Morgan fingerprint density at radius 2 is 1.88 bits per heavy atom. The lowest BCUT2D eigenvalue weighted by molar-refractivity contribution is 0.0950. The van der Waals surface area contributed by atoms with Crippen LogP contribution in [0, 0.1) is 24.5 Å². The van der Waals surface area contributed by atoms with E-state index in [4.69, 9.17) is 10.1 Å². The number of fused-ring (bicyclic) bond motifs is 1. The molecule has 0 bridgehead atoms.